The molecular formula is C17H24N4. The highest BCUT2D eigenvalue weighted by atomic mass is 15.1. The van der Waals surface area contributed by atoms with E-state index in [1.807, 2.05) is 25.2 Å². The van der Waals surface area contributed by atoms with E-state index in [1.54, 1.807) is 0 Å². The summed E-state index contributed by atoms with van der Waals surface area (Å²) in [5.74, 6) is 2.38. The van der Waals surface area contributed by atoms with Gasteiger partial charge in [0.05, 0.1) is 5.52 Å². The minimum Gasteiger partial charge on any atom is -0.367 e. The summed E-state index contributed by atoms with van der Waals surface area (Å²) in [6.45, 7) is 2.28. The summed E-state index contributed by atoms with van der Waals surface area (Å²) in [4.78, 5) is 9.13. The van der Waals surface area contributed by atoms with Gasteiger partial charge in [0.2, 0.25) is 5.95 Å². The standard InChI is InChI=1S/C17H24N4/c1-12(13-8-4-3-5-9-13)19-16-14-10-6-7-11-15(14)20-17(18-2)21-16/h6-7,10-13H,3-5,8-9H2,1-2H3,(H2,18,19,20,21). The normalized spacial score (nSPS) is 17.6. The summed E-state index contributed by atoms with van der Waals surface area (Å²) in [5, 5.41) is 7.78. The number of hydrogen-bond donors (Lipinski definition) is 2. The molecule has 0 spiro atoms. The first-order valence-electron chi connectivity index (χ1n) is 7.99. The van der Waals surface area contributed by atoms with E-state index in [4.69, 9.17) is 0 Å². The monoisotopic (exact) mass is 284 g/mol. The number of benzene rings is 1. The van der Waals surface area contributed by atoms with Crippen molar-refractivity contribution >= 4 is 22.7 Å². The van der Waals surface area contributed by atoms with Crippen LogP contribution in [-0.4, -0.2) is 23.1 Å². The third-order valence-electron chi connectivity index (χ3n) is 4.55. The number of rotatable bonds is 4. The minimum atomic E-state index is 0.452. The topological polar surface area (TPSA) is 49.8 Å². The molecule has 1 unspecified atom stereocenters. The van der Waals surface area contributed by atoms with Gasteiger partial charge in [-0.15, -0.1) is 0 Å². The zero-order valence-electron chi connectivity index (χ0n) is 12.9. The van der Waals surface area contributed by atoms with Crippen LogP contribution < -0.4 is 10.6 Å². The van der Waals surface area contributed by atoms with Gasteiger partial charge in [0.25, 0.3) is 0 Å². The van der Waals surface area contributed by atoms with E-state index in [0.717, 1.165) is 22.6 Å². The molecule has 1 aromatic heterocycles. The molecule has 2 N–H and O–H groups in total. The predicted octanol–water partition coefficient (Wildman–Crippen LogP) is 4.05. The molecule has 0 amide bonds. The largest absolute Gasteiger partial charge is 0.367 e. The van der Waals surface area contributed by atoms with Gasteiger partial charge >= 0.3 is 0 Å². The van der Waals surface area contributed by atoms with Crippen LogP contribution in [0.25, 0.3) is 10.9 Å². The summed E-state index contributed by atoms with van der Waals surface area (Å²) in [5.41, 5.74) is 0.982. The fourth-order valence-electron chi connectivity index (χ4n) is 3.27. The molecule has 4 nitrogen and oxygen atoms in total. The van der Waals surface area contributed by atoms with E-state index in [1.165, 1.54) is 32.1 Å². The Balaban J connectivity index is 1.88. The molecule has 1 atom stereocenters. The summed E-state index contributed by atoms with van der Waals surface area (Å²) < 4.78 is 0. The van der Waals surface area contributed by atoms with Crippen molar-refractivity contribution in [3.05, 3.63) is 24.3 Å². The zero-order valence-corrected chi connectivity index (χ0v) is 12.9. The molecule has 1 saturated carbocycles. The number of nitrogens with zero attached hydrogens (tertiary/aromatic N) is 2. The zero-order chi connectivity index (χ0) is 14.7. The van der Waals surface area contributed by atoms with Crippen molar-refractivity contribution in [1.82, 2.24) is 9.97 Å². The van der Waals surface area contributed by atoms with Crippen LogP contribution in [0.5, 0.6) is 0 Å². The second-order valence-electron chi connectivity index (χ2n) is 5.99. The number of aromatic nitrogens is 2. The van der Waals surface area contributed by atoms with Gasteiger partial charge in [-0.3, -0.25) is 0 Å². The molecule has 0 saturated heterocycles. The lowest BCUT2D eigenvalue weighted by Crippen LogP contribution is -2.28. The first-order chi connectivity index (χ1) is 10.3. The molecule has 112 valence electrons. The minimum absolute atomic E-state index is 0.452. The molecular weight excluding hydrogens is 260 g/mol. The quantitative estimate of drug-likeness (QED) is 0.889. The first kappa shape index (κ1) is 14.1. The van der Waals surface area contributed by atoms with Crippen molar-refractivity contribution in [3.63, 3.8) is 0 Å². The lowest BCUT2D eigenvalue weighted by Gasteiger charge is -2.29. The lowest BCUT2D eigenvalue weighted by molar-refractivity contribution is 0.328. The Morgan fingerprint density at radius 1 is 1.10 bits per heavy atom. The van der Waals surface area contributed by atoms with Gasteiger partial charge < -0.3 is 10.6 Å². The first-order valence-corrected chi connectivity index (χ1v) is 7.99. The van der Waals surface area contributed by atoms with Gasteiger partial charge in [-0.05, 0) is 37.8 Å². The van der Waals surface area contributed by atoms with Gasteiger partial charge in [0, 0.05) is 18.5 Å². The van der Waals surface area contributed by atoms with Crippen LogP contribution in [0.15, 0.2) is 24.3 Å². The lowest BCUT2D eigenvalue weighted by atomic mass is 9.84. The third-order valence-corrected chi connectivity index (χ3v) is 4.55. The molecule has 4 heteroatoms. The van der Waals surface area contributed by atoms with Crippen LogP contribution in [0, 0.1) is 5.92 Å². The highest BCUT2D eigenvalue weighted by Crippen LogP contribution is 2.29. The Morgan fingerprint density at radius 2 is 1.86 bits per heavy atom. The number of fused-ring (bicyclic) bond motifs is 1. The Kier molecular flexibility index (Phi) is 4.23. The van der Waals surface area contributed by atoms with Gasteiger partial charge in [0.15, 0.2) is 0 Å². The molecule has 1 fully saturated rings. The maximum absolute atomic E-state index is 4.62. The Hall–Kier alpha value is -1.84. The van der Waals surface area contributed by atoms with Gasteiger partial charge in [-0.25, -0.2) is 4.98 Å². The number of anilines is 2. The number of nitrogens with one attached hydrogen (secondary N) is 2. The molecule has 3 rings (SSSR count). The second-order valence-corrected chi connectivity index (χ2v) is 5.99. The fraction of sp³-hybridized carbons (Fsp3) is 0.529. The van der Waals surface area contributed by atoms with Gasteiger partial charge in [-0.1, -0.05) is 31.4 Å². The highest BCUT2D eigenvalue weighted by molar-refractivity contribution is 5.90. The SMILES string of the molecule is CNc1nc(NC(C)C2CCCCC2)c2ccccc2n1. The fourth-order valence-corrected chi connectivity index (χ4v) is 3.27. The molecule has 2 aromatic rings. The summed E-state index contributed by atoms with van der Waals surface area (Å²) in [7, 11) is 1.86. The maximum atomic E-state index is 4.62. The van der Waals surface area contributed by atoms with E-state index in [9.17, 15) is 0 Å². The van der Waals surface area contributed by atoms with E-state index >= 15 is 0 Å². The van der Waals surface area contributed by atoms with Crippen LogP contribution in [0.4, 0.5) is 11.8 Å². The molecule has 21 heavy (non-hydrogen) atoms. The smallest absolute Gasteiger partial charge is 0.224 e. The van der Waals surface area contributed by atoms with Crippen LogP contribution in [0.3, 0.4) is 0 Å². The van der Waals surface area contributed by atoms with Crippen molar-refractivity contribution < 1.29 is 0 Å². The average Bonchev–Trinajstić information content (AvgIpc) is 2.55. The van der Waals surface area contributed by atoms with Crippen LogP contribution in [-0.2, 0) is 0 Å². The molecule has 0 aliphatic heterocycles. The third kappa shape index (κ3) is 3.09. The van der Waals surface area contributed by atoms with Crippen LogP contribution >= 0.6 is 0 Å². The average molecular weight is 284 g/mol. The molecule has 1 aliphatic rings. The van der Waals surface area contributed by atoms with Crippen molar-refractivity contribution in [3.8, 4) is 0 Å². The Bertz CT molecular complexity index is 605. The van der Waals surface area contributed by atoms with E-state index in [-0.39, 0.29) is 0 Å². The summed E-state index contributed by atoms with van der Waals surface area (Å²) in [6.07, 6.45) is 6.78. The van der Waals surface area contributed by atoms with Crippen LogP contribution in [0.1, 0.15) is 39.0 Å². The van der Waals surface area contributed by atoms with Crippen molar-refractivity contribution in [2.45, 2.75) is 45.1 Å². The number of para-hydroxylation sites is 1. The van der Waals surface area contributed by atoms with E-state index in [2.05, 4.69) is 33.6 Å². The van der Waals surface area contributed by atoms with Gasteiger partial charge in [0.1, 0.15) is 5.82 Å². The van der Waals surface area contributed by atoms with Crippen molar-refractivity contribution in [1.29, 1.82) is 0 Å². The van der Waals surface area contributed by atoms with E-state index in [0.29, 0.717) is 12.0 Å². The molecule has 1 heterocycles. The van der Waals surface area contributed by atoms with Crippen molar-refractivity contribution in [2.75, 3.05) is 17.7 Å². The molecule has 1 aliphatic carbocycles. The highest BCUT2D eigenvalue weighted by Gasteiger charge is 2.21. The Morgan fingerprint density at radius 3 is 2.62 bits per heavy atom. The number of hydrogen-bond acceptors (Lipinski definition) is 4. The molecule has 1 aromatic carbocycles. The summed E-state index contributed by atoms with van der Waals surface area (Å²) in [6, 6.07) is 8.64. The molecule has 0 radical (unpaired) electrons. The van der Waals surface area contributed by atoms with Gasteiger partial charge in [-0.2, -0.15) is 4.98 Å². The summed E-state index contributed by atoms with van der Waals surface area (Å²) >= 11 is 0. The maximum Gasteiger partial charge on any atom is 0.224 e. The second kappa shape index (κ2) is 6.29. The van der Waals surface area contributed by atoms with E-state index < -0.39 is 0 Å². The van der Waals surface area contributed by atoms with Crippen LogP contribution in [0.2, 0.25) is 0 Å². The predicted molar refractivity (Wildman–Crippen MR) is 88.7 cm³/mol. The Labute approximate surface area is 126 Å². The van der Waals surface area contributed by atoms with Crippen molar-refractivity contribution in [2.24, 2.45) is 5.92 Å². The molecule has 0 bridgehead atoms.